The molecular weight excluding hydrogens is 444 g/mol. The van der Waals surface area contributed by atoms with Crippen LogP contribution in [0.25, 0.3) is 0 Å². The highest BCUT2D eigenvalue weighted by molar-refractivity contribution is 7.89. The van der Waals surface area contributed by atoms with Crippen LogP contribution in [-0.2, 0) is 24.3 Å². The van der Waals surface area contributed by atoms with Crippen LogP contribution in [0, 0.1) is 0 Å². The van der Waals surface area contributed by atoms with E-state index in [-0.39, 0.29) is 47.7 Å². The normalized spacial score (nSPS) is 19.3. The molecule has 3 rings (SSSR count). The summed E-state index contributed by atoms with van der Waals surface area (Å²) in [5, 5.41) is 0. The molecule has 2 atom stereocenters. The third-order valence-corrected chi connectivity index (χ3v) is 7.11. The Morgan fingerprint density at radius 1 is 1.03 bits per heavy atom. The molecule has 8 nitrogen and oxygen atoms in total. The highest BCUT2D eigenvalue weighted by Crippen LogP contribution is 2.22. The number of para-hydroxylation sites is 1. The van der Waals surface area contributed by atoms with Gasteiger partial charge in [-0.2, -0.15) is 4.31 Å². The Kier molecular flexibility index (Phi) is 7.88. The summed E-state index contributed by atoms with van der Waals surface area (Å²) in [5.41, 5.74) is 0.885. The summed E-state index contributed by atoms with van der Waals surface area (Å²) in [6.07, 6.45) is -0.395. The number of nitrogens with zero attached hydrogens (tertiary/aromatic N) is 2. The van der Waals surface area contributed by atoms with Crippen molar-refractivity contribution in [3.8, 4) is 0 Å². The average Bonchev–Trinajstić information content (AvgIpc) is 2.77. The maximum Gasteiger partial charge on any atom is 0.338 e. The van der Waals surface area contributed by atoms with Crippen LogP contribution in [0.15, 0.2) is 59.5 Å². The number of amides is 1. The first-order valence-corrected chi connectivity index (χ1v) is 12.3. The summed E-state index contributed by atoms with van der Waals surface area (Å²) in [6, 6.07) is 14.6. The van der Waals surface area contributed by atoms with E-state index in [2.05, 4.69) is 0 Å². The number of carbonyl (C=O) groups is 2. The number of ether oxygens (including phenoxy) is 2. The summed E-state index contributed by atoms with van der Waals surface area (Å²) in [7, 11) is -3.71. The third kappa shape index (κ3) is 5.98. The van der Waals surface area contributed by atoms with Gasteiger partial charge in [-0.25, -0.2) is 13.2 Å². The van der Waals surface area contributed by atoms with Gasteiger partial charge in [-0.15, -0.1) is 0 Å². The van der Waals surface area contributed by atoms with E-state index in [0.29, 0.717) is 0 Å². The zero-order chi connectivity index (χ0) is 24.2. The van der Waals surface area contributed by atoms with Gasteiger partial charge in [0, 0.05) is 24.8 Å². The molecule has 1 heterocycles. The number of hydrogen-bond donors (Lipinski definition) is 0. The summed E-state index contributed by atoms with van der Waals surface area (Å²) in [6.45, 7) is 7.53. The molecule has 2 aromatic carbocycles. The van der Waals surface area contributed by atoms with Gasteiger partial charge in [0.1, 0.15) is 0 Å². The molecule has 0 spiro atoms. The Balaban J connectivity index is 1.65. The van der Waals surface area contributed by atoms with Crippen molar-refractivity contribution < 1.29 is 27.5 Å². The summed E-state index contributed by atoms with van der Waals surface area (Å²) < 4.78 is 38.1. The summed E-state index contributed by atoms with van der Waals surface area (Å²) in [4.78, 5) is 26.8. The minimum atomic E-state index is -3.71. The molecule has 33 heavy (non-hydrogen) atoms. The van der Waals surface area contributed by atoms with Gasteiger partial charge in [0.05, 0.1) is 22.7 Å². The lowest BCUT2D eigenvalue weighted by Gasteiger charge is -2.34. The summed E-state index contributed by atoms with van der Waals surface area (Å²) >= 11 is 0. The lowest BCUT2D eigenvalue weighted by atomic mass is 10.2. The van der Waals surface area contributed by atoms with E-state index in [1.54, 1.807) is 4.90 Å². The second kappa shape index (κ2) is 10.5. The van der Waals surface area contributed by atoms with E-state index in [1.807, 2.05) is 58.0 Å². The quantitative estimate of drug-likeness (QED) is 0.573. The van der Waals surface area contributed by atoms with E-state index in [0.717, 1.165) is 5.69 Å². The van der Waals surface area contributed by atoms with Gasteiger partial charge in [0.15, 0.2) is 6.61 Å². The first kappa shape index (κ1) is 24.9. The molecule has 1 saturated heterocycles. The first-order chi connectivity index (χ1) is 15.6. The van der Waals surface area contributed by atoms with E-state index < -0.39 is 22.6 Å². The second-order valence-electron chi connectivity index (χ2n) is 8.37. The number of benzene rings is 2. The van der Waals surface area contributed by atoms with Crippen molar-refractivity contribution in [2.45, 2.75) is 50.8 Å². The van der Waals surface area contributed by atoms with Crippen molar-refractivity contribution in [1.29, 1.82) is 0 Å². The van der Waals surface area contributed by atoms with E-state index in [1.165, 1.54) is 28.6 Å². The molecule has 1 aliphatic rings. The van der Waals surface area contributed by atoms with Crippen molar-refractivity contribution in [2.24, 2.45) is 0 Å². The largest absolute Gasteiger partial charge is 0.452 e. The molecule has 0 bridgehead atoms. The molecule has 0 aromatic heterocycles. The van der Waals surface area contributed by atoms with E-state index >= 15 is 0 Å². The van der Waals surface area contributed by atoms with Gasteiger partial charge >= 0.3 is 5.97 Å². The molecule has 0 saturated carbocycles. The molecule has 0 radical (unpaired) electrons. The molecule has 1 amide bonds. The number of rotatable bonds is 7. The smallest absolute Gasteiger partial charge is 0.338 e. The highest BCUT2D eigenvalue weighted by atomic mass is 32.2. The van der Waals surface area contributed by atoms with E-state index in [4.69, 9.17) is 9.47 Å². The predicted molar refractivity (Wildman–Crippen MR) is 125 cm³/mol. The fourth-order valence-electron chi connectivity index (χ4n) is 3.84. The Bertz CT molecular complexity index is 1060. The van der Waals surface area contributed by atoms with Gasteiger partial charge in [-0.05, 0) is 64.1 Å². The van der Waals surface area contributed by atoms with Gasteiger partial charge < -0.3 is 14.4 Å². The second-order valence-corrected chi connectivity index (χ2v) is 10.3. The molecule has 9 heteroatoms. The minimum absolute atomic E-state index is 0.0893. The first-order valence-electron chi connectivity index (χ1n) is 10.9. The third-order valence-electron chi connectivity index (χ3n) is 5.26. The van der Waals surface area contributed by atoms with Crippen LogP contribution in [0.4, 0.5) is 5.69 Å². The molecule has 178 valence electrons. The van der Waals surface area contributed by atoms with Gasteiger partial charge in [0.2, 0.25) is 10.0 Å². The van der Waals surface area contributed by atoms with Gasteiger partial charge in [-0.1, -0.05) is 18.2 Å². The monoisotopic (exact) mass is 474 g/mol. The number of sulfonamides is 1. The Morgan fingerprint density at radius 2 is 1.61 bits per heavy atom. The zero-order valence-corrected chi connectivity index (χ0v) is 20.1. The number of morpholine rings is 1. The highest BCUT2D eigenvalue weighted by Gasteiger charge is 2.32. The van der Waals surface area contributed by atoms with Crippen LogP contribution >= 0.6 is 0 Å². The maximum atomic E-state index is 13.0. The Labute approximate surface area is 195 Å². The zero-order valence-electron chi connectivity index (χ0n) is 19.3. The Morgan fingerprint density at radius 3 is 2.15 bits per heavy atom. The van der Waals surface area contributed by atoms with Gasteiger partial charge in [-0.3, -0.25) is 4.79 Å². The van der Waals surface area contributed by atoms with Crippen molar-refractivity contribution in [2.75, 3.05) is 24.6 Å². The Hall–Kier alpha value is -2.75. The lowest BCUT2D eigenvalue weighted by molar-refractivity contribution is -0.122. The summed E-state index contributed by atoms with van der Waals surface area (Å²) in [5.74, 6) is -1.04. The standard InChI is InChI=1S/C24H30N2O6S/c1-17(2)26(21-8-6-5-7-9-21)23(27)16-31-24(28)20-10-12-22(13-11-20)33(29,30)25-14-18(3)32-19(4)15-25/h5-13,17-19H,14-16H2,1-4H3. The molecule has 0 N–H and O–H groups in total. The van der Waals surface area contributed by atoms with Crippen molar-refractivity contribution in [1.82, 2.24) is 4.31 Å². The molecule has 2 aromatic rings. The predicted octanol–water partition coefficient (Wildman–Crippen LogP) is 3.08. The van der Waals surface area contributed by atoms with Crippen molar-refractivity contribution in [3.63, 3.8) is 0 Å². The maximum absolute atomic E-state index is 13.0. The topological polar surface area (TPSA) is 93.2 Å². The molecule has 2 unspecified atom stereocenters. The number of anilines is 1. The van der Waals surface area contributed by atoms with Crippen molar-refractivity contribution >= 4 is 27.6 Å². The van der Waals surface area contributed by atoms with E-state index in [9.17, 15) is 18.0 Å². The number of hydrogen-bond acceptors (Lipinski definition) is 6. The average molecular weight is 475 g/mol. The molecule has 0 aliphatic carbocycles. The molecule has 1 fully saturated rings. The van der Waals surface area contributed by atoms with Crippen LogP contribution in [0.3, 0.4) is 0 Å². The fourth-order valence-corrected chi connectivity index (χ4v) is 5.43. The van der Waals surface area contributed by atoms with Gasteiger partial charge in [0.25, 0.3) is 5.91 Å². The lowest BCUT2D eigenvalue weighted by Crippen LogP contribution is -2.48. The van der Waals surface area contributed by atoms with Crippen LogP contribution in [0.2, 0.25) is 0 Å². The minimum Gasteiger partial charge on any atom is -0.452 e. The van der Waals surface area contributed by atoms with Crippen LogP contribution < -0.4 is 4.90 Å². The van der Waals surface area contributed by atoms with Crippen LogP contribution in [0.5, 0.6) is 0 Å². The fraction of sp³-hybridized carbons (Fsp3) is 0.417. The SMILES string of the molecule is CC1CN(S(=O)(=O)c2ccc(C(=O)OCC(=O)N(c3ccccc3)C(C)C)cc2)CC(C)O1. The van der Waals surface area contributed by atoms with Crippen molar-refractivity contribution in [3.05, 3.63) is 60.2 Å². The number of carbonyl (C=O) groups excluding carboxylic acids is 2. The van der Waals surface area contributed by atoms with Crippen LogP contribution in [-0.4, -0.2) is 62.5 Å². The molecular formula is C24H30N2O6S. The molecule has 1 aliphatic heterocycles. The number of esters is 1. The van der Waals surface area contributed by atoms with Crippen LogP contribution in [0.1, 0.15) is 38.1 Å².